The molecule has 8 heteroatoms. The van der Waals surface area contributed by atoms with E-state index in [4.69, 9.17) is 4.74 Å². The van der Waals surface area contributed by atoms with Crippen molar-refractivity contribution in [1.82, 2.24) is 15.5 Å². The fourth-order valence-corrected chi connectivity index (χ4v) is 4.64. The number of hydrogen-bond acceptors (Lipinski definition) is 5. The Balaban J connectivity index is 3.69. The van der Waals surface area contributed by atoms with E-state index in [0.29, 0.717) is 30.1 Å². The minimum atomic E-state index is -0.893. The summed E-state index contributed by atoms with van der Waals surface area (Å²) in [6.45, 7) is 21.2. The molecule has 0 heterocycles. The molecule has 3 unspecified atom stereocenters. The molecule has 1 aromatic carbocycles. The predicted molar refractivity (Wildman–Crippen MR) is 164 cm³/mol. The zero-order chi connectivity index (χ0) is 30.0. The number of benzene rings is 1. The van der Waals surface area contributed by atoms with Crippen LogP contribution in [0.2, 0.25) is 0 Å². The molecule has 0 spiro atoms. The van der Waals surface area contributed by atoms with Gasteiger partial charge in [0.1, 0.15) is 17.7 Å². The topological polar surface area (TPSA) is 87.7 Å². The summed E-state index contributed by atoms with van der Waals surface area (Å²) in [5, 5.41) is 5.90. The summed E-state index contributed by atoms with van der Waals surface area (Å²) in [6.07, 6.45) is 5.04. The van der Waals surface area contributed by atoms with Crippen molar-refractivity contribution in [2.24, 2.45) is 5.92 Å². The zero-order valence-electron chi connectivity index (χ0n) is 25.7. The van der Waals surface area contributed by atoms with Crippen LogP contribution in [0.25, 0.3) is 6.08 Å². The van der Waals surface area contributed by atoms with E-state index in [0.717, 1.165) is 12.0 Å². The first-order valence-corrected chi connectivity index (χ1v) is 15.2. The molecule has 7 nitrogen and oxygen atoms in total. The van der Waals surface area contributed by atoms with Gasteiger partial charge in [0, 0.05) is 11.6 Å². The van der Waals surface area contributed by atoms with Crippen LogP contribution < -0.4 is 10.6 Å². The molecular weight excluding hydrogens is 510 g/mol. The Labute approximate surface area is 240 Å². The summed E-state index contributed by atoms with van der Waals surface area (Å²) in [5.41, 5.74) is 0.338. The second-order valence-electron chi connectivity index (χ2n) is 12.6. The summed E-state index contributed by atoms with van der Waals surface area (Å²) in [6, 6.07) is 5.54. The van der Waals surface area contributed by atoms with E-state index < -0.39 is 29.3 Å². The maximum Gasteiger partial charge on any atom is 0.408 e. The van der Waals surface area contributed by atoms with Crippen LogP contribution in [-0.4, -0.2) is 58.0 Å². The first-order valence-electron chi connectivity index (χ1n) is 13.8. The van der Waals surface area contributed by atoms with Gasteiger partial charge in [-0.2, -0.15) is 11.8 Å². The molecule has 0 saturated heterocycles. The Kier molecular flexibility index (Phi) is 13.6. The molecule has 39 heavy (non-hydrogen) atoms. The number of nitrogens with zero attached hydrogens (tertiary/aromatic N) is 1. The Morgan fingerprint density at radius 2 is 1.69 bits per heavy atom. The van der Waals surface area contributed by atoms with Crippen LogP contribution >= 0.6 is 11.8 Å². The molecule has 1 rings (SSSR count). The van der Waals surface area contributed by atoms with Crippen molar-refractivity contribution in [3.8, 4) is 0 Å². The highest BCUT2D eigenvalue weighted by Crippen LogP contribution is 2.29. The number of carbonyl (C=O) groups excluding carboxylic acids is 3. The van der Waals surface area contributed by atoms with Gasteiger partial charge in [0.15, 0.2) is 0 Å². The molecule has 0 aliphatic rings. The molecular formula is C31H51N3O4S. The predicted octanol–water partition coefficient (Wildman–Crippen LogP) is 6.59. The maximum absolute atomic E-state index is 14.4. The number of thioether (sulfide) groups is 1. The average molecular weight is 562 g/mol. The van der Waals surface area contributed by atoms with Gasteiger partial charge in [-0.3, -0.25) is 9.59 Å². The molecule has 0 saturated carbocycles. The van der Waals surface area contributed by atoms with Gasteiger partial charge in [-0.1, -0.05) is 44.7 Å². The smallest absolute Gasteiger partial charge is 0.408 e. The van der Waals surface area contributed by atoms with Gasteiger partial charge in [0.2, 0.25) is 11.8 Å². The number of ether oxygens (including phenoxy) is 1. The van der Waals surface area contributed by atoms with Gasteiger partial charge in [0.05, 0.1) is 0 Å². The van der Waals surface area contributed by atoms with Gasteiger partial charge in [-0.15, -0.1) is 0 Å². The lowest BCUT2D eigenvalue weighted by Gasteiger charge is -2.40. The number of rotatable bonds is 13. The van der Waals surface area contributed by atoms with Crippen LogP contribution in [0.5, 0.6) is 0 Å². The molecule has 0 bridgehead atoms. The monoisotopic (exact) mass is 561 g/mol. The molecule has 0 aromatic heterocycles. The lowest BCUT2D eigenvalue weighted by atomic mass is 9.95. The molecule has 2 N–H and O–H groups in total. The van der Waals surface area contributed by atoms with Crippen LogP contribution in [0, 0.1) is 5.92 Å². The van der Waals surface area contributed by atoms with E-state index in [2.05, 4.69) is 31.1 Å². The Morgan fingerprint density at radius 3 is 2.21 bits per heavy atom. The highest BCUT2D eigenvalue weighted by molar-refractivity contribution is 7.98. The van der Waals surface area contributed by atoms with Crippen LogP contribution in [0.3, 0.4) is 0 Å². The molecule has 0 fully saturated rings. The van der Waals surface area contributed by atoms with Gasteiger partial charge in [-0.05, 0) is 103 Å². The highest BCUT2D eigenvalue weighted by atomic mass is 32.2. The quantitative estimate of drug-likeness (QED) is 0.284. The Hall–Kier alpha value is -2.48. The third-order valence-electron chi connectivity index (χ3n) is 5.98. The second kappa shape index (κ2) is 15.3. The van der Waals surface area contributed by atoms with Gasteiger partial charge < -0.3 is 20.3 Å². The molecule has 0 aliphatic heterocycles. The zero-order valence-corrected chi connectivity index (χ0v) is 26.5. The van der Waals surface area contributed by atoms with E-state index in [9.17, 15) is 14.4 Å². The SMILES string of the molecule is C=Cc1cccc(C(C(=O)NC(C)(C)C)N(C(=O)C(CCSC)NC(=O)OC(C)(C)C)C(C)CCC(C)C)c1. The van der Waals surface area contributed by atoms with Crippen LogP contribution in [0.4, 0.5) is 4.79 Å². The summed E-state index contributed by atoms with van der Waals surface area (Å²) in [4.78, 5) is 42.8. The molecule has 0 aliphatic carbocycles. The lowest BCUT2D eigenvalue weighted by molar-refractivity contribution is -0.145. The molecule has 0 radical (unpaired) electrons. The van der Waals surface area contributed by atoms with Crippen molar-refractivity contribution in [3.05, 3.63) is 42.0 Å². The fraction of sp³-hybridized carbons (Fsp3) is 0.645. The lowest BCUT2D eigenvalue weighted by Crippen LogP contribution is -2.57. The largest absolute Gasteiger partial charge is 0.444 e. The number of nitrogens with one attached hydrogen (secondary N) is 2. The van der Waals surface area contributed by atoms with E-state index in [1.807, 2.05) is 58.2 Å². The Bertz CT molecular complexity index is 965. The highest BCUT2D eigenvalue weighted by Gasteiger charge is 2.39. The van der Waals surface area contributed by atoms with Crippen molar-refractivity contribution >= 4 is 35.7 Å². The van der Waals surface area contributed by atoms with Crippen molar-refractivity contribution < 1.29 is 19.1 Å². The first-order chi connectivity index (χ1) is 18.0. The third-order valence-corrected chi connectivity index (χ3v) is 6.62. The first kappa shape index (κ1) is 34.5. The normalized spacial score (nSPS) is 14.2. The van der Waals surface area contributed by atoms with Crippen LogP contribution in [0.15, 0.2) is 30.8 Å². The minimum Gasteiger partial charge on any atom is -0.444 e. The van der Waals surface area contributed by atoms with E-state index in [1.165, 1.54) is 0 Å². The summed E-state index contributed by atoms with van der Waals surface area (Å²) < 4.78 is 5.49. The summed E-state index contributed by atoms with van der Waals surface area (Å²) >= 11 is 1.59. The van der Waals surface area contributed by atoms with E-state index in [-0.39, 0.29) is 17.9 Å². The van der Waals surface area contributed by atoms with Gasteiger partial charge in [0.25, 0.3) is 0 Å². The molecule has 3 atom stereocenters. The van der Waals surface area contributed by atoms with Crippen molar-refractivity contribution in [2.75, 3.05) is 12.0 Å². The summed E-state index contributed by atoms with van der Waals surface area (Å²) in [5.74, 6) is 0.520. The summed E-state index contributed by atoms with van der Waals surface area (Å²) in [7, 11) is 0. The fourth-order valence-electron chi connectivity index (χ4n) is 4.17. The minimum absolute atomic E-state index is 0.264. The molecule has 3 amide bonds. The number of hydrogen-bond donors (Lipinski definition) is 2. The van der Waals surface area contributed by atoms with Gasteiger partial charge in [-0.25, -0.2) is 4.79 Å². The average Bonchev–Trinajstić information content (AvgIpc) is 2.80. The third kappa shape index (κ3) is 12.5. The van der Waals surface area contributed by atoms with Crippen molar-refractivity contribution in [1.29, 1.82) is 0 Å². The van der Waals surface area contributed by atoms with Crippen LogP contribution in [-0.2, 0) is 14.3 Å². The molecule has 220 valence electrons. The van der Waals surface area contributed by atoms with E-state index >= 15 is 0 Å². The van der Waals surface area contributed by atoms with Crippen molar-refractivity contribution in [2.45, 2.75) is 111 Å². The number of amides is 3. The molecule has 1 aromatic rings. The van der Waals surface area contributed by atoms with Crippen LogP contribution in [0.1, 0.15) is 98.7 Å². The van der Waals surface area contributed by atoms with Gasteiger partial charge >= 0.3 is 6.09 Å². The number of alkyl carbamates (subject to hydrolysis) is 1. The van der Waals surface area contributed by atoms with Crippen molar-refractivity contribution in [3.63, 3.8) is 0 Å². The standard InChI is InChI=1S/C31H51N3O4S/c1-12-23-14-13-15-24(20-23)26(27(35)33-30(5,6)7)34(22(4)17-16-21(2)3)28(36)25(18-19-39-11)32-29(37)38-31(8,9)10/h12-15,20-22,25-26H,1,16-19H2,2-11H3,(H,32,37)(H,33,35). The Morgan fingerprint density at radius 1 is 1.05 bits per heavy atom. The second-order valence-corrected chi connectivity index (χ2v) is 13.5. The van der Waals surface area contributed by atoms with E-state index in [1.54, 1.807) is 43.5 Å². The maximum atomic E-state index is 14.4. The number of carbonyl (C=O) groups is 3.